The number of nitrogens with zero attached hydrogens (tertiary/aromatic N) is 1. The SMILES string of the molecule is COc1cccc(COc2ccc(Br)cc2[C@@H](C)O)n1. The number of aliphatic hydroxyl groups excluding tert-OH is 1. The topological polar surface area (TPSA) is 51.6 Å². The molecule has 0 radical (unpaired) electrons. The highest BCUT2D eigenvalue weighted by molar-refractivity contribution is 9.10. The summed E-state index contributed by atoms with van der Waals surface area (Å²) in [6.45, 7) is 2.02. The highest BCUT2D eigenvalue weighted by Crippen LogP contribution is 2.29. The fraction of sp³-hybridized carbons (Fsp3) is 0.267. The van der Waals surface area contributed by atoms with Crippen LogP contribution in [-0.4, -0.2) is 17.2 Å². The second-order valence-corrected chi connectivity index (χ2v) is 5.23. The van der Waals surface area contributed by atoms with Gasteiger partial charge in [-0.05, 0) is 31.2 Å². The number of halogens is 1. The van der Waals surface area contributed by atoms with Crippen LogP contribution in [0.15, 0.2) is 40.9 Å². The number of methoxy groups -OCH3 is 1. The number of ether oxygens (including phenoxy) is 2. The zero-order chi connectivity index (χ0) is 14.5. The van der Waals surface area contributed by atoms with E-state index in [9.17, 15) is 5.11 Å². The molecule has 2 aromatic rings. The summed E-state index contributed by atoms with van der Waals surface area (Å²) >= 11 is 3.38. The van der Waals surface area contributed by atoms with Gasteiger partial charge in [-0.2, -0.15) is 0 Å². The number of benzene rings is 1. The summed E-state index contributed by atoms with van der Waals surface area (Å²) < 4.78 is 11.7. The number of aromatic nitrogens is 1. The van der Waals surface area contributed by atoms with Gasteiger partial charge in [0.15, 0.2) is 0 Å². The van der Waals surface area contributed by atoms with Crippen molar-refractivity contribution >= 4 is 15.9 Å². The van der Waals surface area contributed by atoms with Gasteiger partial charge in [-0.15, -0.1) is 0 Å². The first-order chi connectivity index (χ1) is 9.60. The maximum atomic E-state index is 9.77. The lowest BCUT2D eigenvalue weighted by Gasteiger charge is -2.14. The van der Waals surface area contributed by atoms with Gasteiger partial charge in [0, 0.05) is 16.1 Å². The normalized spacial score (nSPS) is 12.0. The van der Waals surface area contributed by atoms with Gasteiger partial charge in [0.25, 0.3) is 0 Å². The maximum Gasteiger partial charge on any atom is 0.213 e. The van der Waals surface area contributed by atoms with Gasteiger partial charge in [0.05, 0.1) is 18.9 Å². The zero-order valence-electron chi connectivity index (χ0n) is 11.3. The molecule has 0 bridgehead atoms. The van der Waals surface area contributed by atoms with E-state index in [1.54, 1.807) is 20.1 Å². The third kappa shape index (κ3) is 3.71. The van der Waals surface area contributed by atoms with E-state index < -0.39 is 6.10 Å². The van der Waals surface area contributed by atoms with E-state index in [4.69, 9.17) is 9.47 Å². The molecule has 1 aromatic carbocycles. The summed E-state index contributed by atoms with van der Waals surface area (Å²) in [5, 5.41) is 9.77. The van der Waals surface area contributed by atoms with Crippen molar-refractivity contribution in [1.82, 2.24) is 4.98 Å². The Morgan fingerprint density at radius 1 is 1.30 bits per heavy atom. The highest BCUT2D eigenvalue weighted by atomic mass is 79.9. The Hall–Kier alpha value is -1.59. The van der Waals surface area contributed by atoms with E-state index in [1.165, 1.54) is 0 Å². The molecule has 1 atom stereocenters. The van der Waals surface area contributed by atoms with Gasteiger partial charge in [-0.3, -0.25) is 0 Å². The molecule has 0 unspecified atom stereocenters. The van der Waals surface area contributed by atoms with Crippen LogP contribution < -0.4 is 9.47 Å². The van der Waals surface area contributed by atoms with E-state index in [0.29, 0.717) is 18.2 Å². The molecule has 4 nitrogen and oxygen atoms in total. The minimum atomic E-state index is -0.597. The van der Waals surface area contributed by atoms with Crippen LogP contribution in [0.4, 0.5) is 0 Å². The molecule has 5 heteroatoms. The van der Waals surface area contributed by atoms with Crippen molar-refractivity contribution in [1.29, 1.82) is 0 Å². The lowest BCUT2D eigenvalue weighted by atomic mass is 10.1. The Balaban J connectivity index is 2.14. The van der Waals surface area contributed by atoms with Crippen LogP contribution in [0.2, 0.25) is 0 Å². The number of pyridine rings is 1. The summed E-state index contributed by atoms with van der Waals surface area (Å²) in [4.78, 5) is 4.28. The first kappa shape index (κ1) is 14.8. The number of hydrogen-bond donors (Lipinski definition) is 1. The summed E-state index contributed by atoms with van der Waals surface area (Å²) in [5.41, 5.74) is 1.51. The number of rotatable bonds is 5. The van der Waals surface area contributed by atoms with Crippen LogP contribution in [0.1, 0.15) is 24.3 Å². The van der Waals surface area contributed by atoms with Crippen LogP contribution in [0.3, 0.4) is 0 Å². The van der Waals surface area contributed by atoms with Crippen LogP contribution in [0.25, 0.3) is 0 Å². The predicted octanol–water partition coefficient (Wildman–Crippen LogP) is 3.49. The number of aliphatic hydroxyl groups is 1. The Kier molecular flexibility index (Phi) is 4.98. The summed E-state index contributed by atoms with van der Waals surface area (Å²) in [6, 6.07) is 11.1. The molecule has 0 amide bonds. The molecular formula is C15H16BrNO3. The minimum absolute atomic E-state index is 0.318. The lowest BCUT2D eigenvalue weighted by molar-refractivity contribution is 0.189. The molecule has 20 heavy (non-hydrogen) atoms. The summed E-state index contributed by atoms with van der Waals surface area (Å²) in [6.07, 6.45) is -0.597. The van der Waals surface area contributed by atoms with E-state index >= 15 is 0 Å². The average molecular weight is 338 g/mol. The largest absolute Gasteiger partial charge is 0.487 e. The van der Waals surface area contributed by atoms with Gasteiger partial charge in [-0.25, -0.2) is 4.98 Å². The van der Waals surface area contributed by atoms with E-state index in [-0.39, 0.29) is 0 Å². The number of hydrogen-bond acceptors (Lipinski definition) is 4. The molecule has 0 fully saturated rings. The van der Waals surface area contributed by atoms with Crippen molar-refractivity contribution < 1.29 is 14.6 Å². The van der Waals surface area contributed by atoms with E-state index in [1.807, 2.05) is 30.3 Å². The molecule has 0 saturated carbocycles. The zero-order valence-corrected chi connectivity index (χ0v) is 12.9. The Labute approximate surface area is 126 Å². The second-order valence-electron chi connectivity index (χ2n) is 4.32. The van der Waals surface area contributed by atoms with Crippen LogP contribution in [0, 0.1) is 0 Å². The van der Waals surface area contributed by atoms with Crippen LogP contribution in [0.5, 0.6) is 11.6 Å². The van der Waals surface area contributed by atoms with Crippen molar-refractivity contribution in [3.8, 4) is 11.6 Å². The fourth-order valence-electron chi connectivity index (χ4n) is 1.78. The van der Waals surface area contributed by atoms with Crippen molar-refractivity contribution in [2.45, 2.75) is 19.6 Å². The lowest BCUT2D eigenvalue weighted by Crippen LogP contribution is -2.03. The van der Waals surface area contributed by atoms with Gasteiger partial charge in [0.1, 0.15) is 12.4 Å². The molecule has 1 aromatic heterocycles. The Bertz CT molecular complexity index is 587. The third-order valence-corrected chi connectivity index (χ3v) is 3.28. The van der Waals surface area contributed by atoms with Crippen LogP contribution in [-0.2, 0) is 6.61 Å². The van der Waals surface area contributed by atoms with Crippen molar-refractivity contribution in [3.63, 3.8) is 0 Å². The van der Waals surface area contributed by atoms with Gasteiger partial charge >= 0.3 is 0 Å². The molecule has 0 saturated heterocycles. The minimum Gasteiger partial charge on any atom is -0.487 e. The van der Waals surface area contributed by atoms with Crippen molar-refractivity contribution in [2.24, 2.45) is 0 Å². The molecule has 0 aliphatic carbocycles. The quantitative estimate of drug-likeness (QED) is 0.907. The highest BCUT2D eigenvalue weighted by Gasteiger charge is 2.10. The van der Waals surface area contributed by atoms with Gasteiger partial charge < -0.3 is 14.6 Å². The molecule has 2 rings (SSSR count). The Morgan fingerprint density at radius 3 is 2.80 bits per heavy atom. The third-order valence-electron chi connectivity index (χ3n) is 2.79. The summed E-state index contributed by atoms with van der Waals surface area (Å²) in [5.74, 6) is 1.20. The molecule has 0 aliphatic heterocycles. The second kappa shape index (κ2) is 6.72. The molecule has 0 spiro atoms. The molecule has 1 N–H and O–H groups in total. The standard InChI is InChI=1S/C15H16BrNO3/c1-10(18)13-8-11(16)6-7-14(13)20-9-12-4-3-5-15(17-12)19-2/h3-8,10,18H,9H2,1-2H3/t10-/m1/s1. The van der Waals surface area contributed by atoms with Gasteiger partial charge in [-0.1, -0.05) is 22.0 Å². The average Bonchev–Trinajstić information content (AvgIpc) is 2.46. The fourth-order valence-corrected chi connectivity index (χ4v) is 2.16. The van der Waals surface area contributed by atoms with Gasteiger partial charge in [0.2, 0.25) is 5.88 Å². The van der Waals surface area contributed by atoms with E-state index in [0.717, 1.165) is 15.7 Å². The van der Waals surface area contributed by atoms with Crippen molar-refractivity contribution in [2.75, 3.05) is 7.11 Å². The monoisotopic (exact) mass is 337 g/mol. The molecule has 106 valence electrons. The molecule has 0 aliphatic rings. The molecular weight excluding hydrogens is 322 g/mol. The van der Waals surface area contributed by atoms with E-state index in [2.05, 4.69) is 20.9 Å². The maximum absolute atomic E-state index is 9.77. The Morgan fingerprint density at radius 2 is 2.10 bits per heavy atom. The molecule has 1 heterocycles. The van der Waals surface area contributed by atoms with Crippen LogP contribution >= 0.6 is 15.9 Å². The first-order valence-corrected chi connectivity index (χ1v) is 6.99. The smallest absolute Gasteiger partial charge is 0.213 e. The summed E-state index contributed by atoms with van der Waals surface area (Å²) in [7, 11) is 1.58. The van der Waals surface area contributed by atoms with Crippen molar-refractivity contribution in [3.05, 3.63) is 52.1 Å². The first-order valence-electron chi connectivity index (χ1n) is 6.20. The predicted molar refractivity (Wildman–Crippen MR) is 79.9 cm³/mol.